The number of hydrogen-bond acceptors (Lipinski definition) is 3. The van der Waals surface area contributed by atoms with Crippen molar-refractivity contribution in [3.63, 3.8) is 0 Å². The number of methoxy groups -OCH3 is 1. The predicted molar refractivity (Wildman–Crippen MR) is 92.9 cm³/mol. The molecule has 1 aromatic heterocycles. The fourth-order valence-corrected chi connectivity index (χ4v) is 2.76. The average Bonchev–Trinajstić information content (AvgIpc) is 2.85. The van der Waals surface area contributed by atoms with Crippen molar-refractivity contribution in [3.05, 3.63) is 53.8 Å². The van der Waals surface area contributed by atoms with Gasteiger partial charge in [0.2, 0.25) is 0 Å². The van der Waals surface area contributed by atoms with Gasteiger partial charge in [-0.2, -0.15) is 0 Å². The van der Waals surface area contributed by atoms with Gasteiger partial charge in [-0.05, 0) is 37.3 Å². The van der Waals surface area contributed by atoms with E-state index in [1.807, 2.05) is 29.7 Å². The van der Waals surface area contributed by atoms with Crippen molar-refractivity contribution < 1.29 is 13.9 Å². The van der Waals surface area contributed by atoms with Gasteiger partial charge in [-0.3, -0.25) is 4.79 Å². The normalized spacial score (nSPS) is 10.8. The number of nitrogens with two attached hydrogens (primary N) is 1. The van der Waals surface area contributed by atoms with Gasteiger partial charge < -0.3 is 20.4 Å². The second-order valence-electron chi connectivity index (χ2n) is 5.35. The third-order valence-corrected chi connectivity index (χ3v) is 3.95. The molecular formula is C18H18FN3O2. The summed E-state index contributed by atoms with van der Waals surface area (Å²) in [5.41, 5.74) is 7.78. The summed E-state index contributed by atoms with van der Waals surface area (Å²) in [7, 11) is 1.59. The Morgan fingerprint density at radius 1 is 1.29 bits per heavy atom. The highest BCUT2D eigenvalue weighted by atomic mass is 19.1. The van der Waals surface area contributed by atoms with Gasteiger partial charge in [-0.25, -0.2) is 4.39 Å². The molecule has 0 radical (unpaired) electrons. The minimum absolute atomic E-state index is 0.236. The van der Waals surface area contributed by atoms with E-state index in [1.54, 1.807) is 13.2 Å². The molecule has 1 heterocycles. The molecule has 1 amide bonds. The summed E-state index contributed by atoms with van der Waals surface area (Å²) in [6.07, 6.45) is 0. The monoisotopic (exact) mass is 327 g/mol. The number of nitrogens with one attached hydrogen (secondary N) is 1. The van der Waals surface area contributed by atoms with Gasteiger partial charge in [0.1, 0.15) is 17.4 Å². The molecule has 0 atom stereocenters. The van der Waals surface area contributed by atoms with E-state index in [0.29, 0.717) is 23.8 Å². The number of carbonyl (C=O) groups is 1. The van der Waals surface area contributed by atoms with Crippen molar-refractivity contribution in [1.29, 1.82) is 0 Å². The molecule has 0 aliphatic heterocycles. The number of nitrogens with zero attached hydrogens (tertiary/aromatic N) is 1. The van der Waals surface area contributed by atoms with Crippen LogP contribution in [0, 0.1) is 5.82 Å². The summed E-state index contributed by atoms with van der Waals surface area (Å²) in [5.74, 6) is 0.329. The highest BCUT2D eigenvalue weighted by molar-refractivity contribution is 6.09. The molecule has 0 saturated carbocycles. The first-order chi connectivity index (χ1) is 11.5. The van der Waals surface area contributed by atoms with Crippen LogP contribution in [-0.4, -0.2) is 17.6 Å². The zero-order chi connectivity index (χ0) is 17.3. The number of nitrogen functional groups attached to an aromatic ring is 1. The fraction of sp³-hybridized carbons (Fsp3) is 0.167. The minimum Gasteiger partial charge on any atom is -0.497 e. The van der Waals surface area contributed by atoms with Crippen LogP contribution in [0.4, 0.5) is 15.9 Å². The van der Waals surface area contributed by atoms with Crippen LogP contribution in [0.25, 0.3) is 10.9 Å². The third kappa shape index (κ3) is 2.67. The van der Waals surface area contributed by atoms with Crippen LogP contribution in [0.5, 0.6) is 5.75 Å². The highest BCUT2D eigenvalue weighted by Crippen LogP contribution is 2.35. The molecule has 0 saturated heterocycles. The second kappa shape index (κ2) is 6.23. The van der Waals surface area contributed by atoms with E-state index in [4.69, 9.17) is 10.5 Å². The molecular weight excluding hydrogens is 309 g/mol. The van der Waals surface area contributed by atoms with Crippen molar-refractivity contribution in [3.8, 4) is 5.75 Å². The lowest BCUT2D eigenvalue weighted by molar-refractivity contribution is 0.102. The molecule has 5 nitrogen and oxygen atoms in total. The van der Waals surface area contributed by atoms with E-state index in [0.717, 1.165) is 10.9 Å². The molecule has 0 unspecified atom stereocenters. The molecule has 0 aliphatic carbocycles. The first-order valence-corrected chi connectivity index (χ1v) is 7.57. The molecule has 24 heavy (non-hydrogen) atoms. The number of rotatable bonds is 4. The van der Waals surface area contributed by atoms with Crippen molar-refractivity contribution >= 4 is 28.3 Å². The molecule has 3 N–H and O–H groups in total. The highest BCUT2D eigenvalue weighted by Gasteiger charge is 2.18. The Morgan fingerprint density at radius 3 is 2.75 bits per heavy atom. The first-order valence-electron chi connectivity index (χ1n) is 7.57. The number of benzene rings is 2. The lowest BCUT2D eigenvalue weighted by Crippen LogP contribution is -2.16. The van der Waals surface area contributed by atoms with Gasteiger partial charge in [-0.15, -0.1) is 0 Å². The summed E-state index contributed by atoms with van der Waals surface area (Å²) < 4.78 is 20.5. The second-order valence-corrected chi connectivity index (χ2v) is 5.35. The lowest BCUT2D eigenvalue weighted by atomic mass is 10.2. The maximum Gasteiger partial charge on any atom is 0.256 e. The zero-order valence-electron chi connectivity index (χ0n) is 13.5. The smallest absolute Gasteiger partial charge is 0.256 e. The van der Waals surface area contributed by atoms with Crippen LogP contribution in [0.3, 0.4) is 0 Å². The number of carbonyl (C=O) groups excluding carboxylic acids is 1. The number of halogens is 1. The summed E-state index contributed by atoms with van der Waals surface area (Å²) in [6, 6.07) is 11.1. The van der Waals surface area contributed by atoms with E-state index in [2.05, 4.69) is 5.32 Å². The Bertz CT molecular complexity index is 918. The molecule has 6 heteroatoms. The Morgan fingerprint density at radius 2 is 2.08 bits per heavy atom. The van der Waals surface area contributed by atoms with E-state index in [1.165, 1.54) is 18.2 Å². The summed E-state index contributed by atoms with van der Waals surface area (Å²) in [4.78, 5) is 12.4. The molecule has 3 aromatic rings. The maximum absolute atomic E-state index is 13.3. The van der Waals surface area contributed by atoms with Crippen LogP contribution >= 0.6 is 0 Å². The number of aromatic nitrogens is 1. The van der Waals surface area contributed by atoms with Crippen molar-refractivity contribution in [2.75, 3.05) is 18.2 Å². The van der Waals surface area contributed by atoms with Gasteiger partial charge >= 0.3 is 0 Å². The number of fused-ring (bicyclic) bond motifs is 1. The standard InChI is InChI=1S/C18H18FN3O2/c1-3-22-15-10-13(24-2)7-8-14(15)16(20)17(22)21-18(23)11-5-4-6-12(19)9-11/h4-10H,3,20H2,1-2H3,(H,21,23). The van der Waals surface area contributed by atoms with Gasteiger partial charge in [-0.1, -0.05) is 6.07 Å². The average molecular weight is 327 g/mol. The number of aryl methyl sites for hydroxylation is 1. The zero-order valence-corrected chi connectivity index (χ0v) is 13.5. The molecule has 0 aliphatic rings. The van der Waals surface area contributed by atoms with Crippen LogP contribution in [0.15, 0.2) is 42.5 Å². The fourth-order valence-electron chi connectivity index (χ4n) is 2.76. The number of amides is 1. The van der Waals surface area contributed by atoms with Crippen LogP contribution in [0.2, 0.25) is 0 Å². The number of anilines is 2. The summed E-state index contributed by atoms with van der Waals surface area (Å²) in [6.45, 7) is 2.57. The van der Waals surface area contributed by atoms with Gasteiger partial charge in [0, 0.05) is 23.6 Å². The van der Waals surface area contributed by atoms with Gasteiger partial charge in [0.05, 0.1) is 18.3 Å². The van der Waals surface area contributed by atoms with Crippen LogP contribution in [0.1, 0.15) is 17.3 Å². The molecule has 124 valence electrons. The molecule has 0 bridgehead atoms. The molecule has 2 aromatic carbocycles. The van der Waals surface area contributed by atoms with Crippen LogP contribution < -0.4 is 15.8 Å². The summed E-state index contributed by atoms with van der Waals surface area (Å²) >= 11 is 0. The van der Waals surface area contributed by atoms with E-state index in [-0.39, 0.29) is 5.56 Å². The minimum atomic E-state index is -0.462. The topological polar surface area (TPSA) is 69.3 Å². The Balaban J connectivity index is 2.05. The Hall–Kier alpha value is -3.02. The quantitative estimate of drug-likeness (QED) is 0.768. The van der Waals surface area contributed by atoms with Crippen molar-refractivity contribution in [2.45, 2.75) is 13.5 Å². The Labute approximate surface area is 138 Å². The maximum atomic E-state index is 13.3. The van der Waals surface area contributed by atoms with E-state index < -0.39 is 11.7 Å². The predicted octanol–water partition coefficient (Wildman–Crippen LogP) is 3.64. The molecule has 0 spiro atoms. The first kappa shape index (κ1) is 15.9. The number of ether oxygens (including phenoxy) is 1. The van der Waals surface area contributed by atoms with Crippen molar-refractivity contribution in [2.24, 2.45) is 0 Å². The Kier molecular flexibility index (Phi) is 4.12. The van der Waals surface area contributed by atoms with E-state index >= 15 is 0 Å². The molecule has 3 rings (SSSR count). The largest absolute Gasteiger partial charge is 0.497 e. The molecule has 0 fully saturated rings. The van der Waals surface area contributed by atoms with Crippen LogP contribution in [-0.2, 0) is 6.54 Å². The lowest BCUT2D eigenvalue weighted by Gasteiger charge is -2.10. The van der Waals surface area contributed by atoms with Crippen molar-refractivity contribution in [1.82, 2.24) is 4.57 Å². The van der Waals surface area contributed by atoms with Gasteiger partial charge in [0.25, 0.3) is 5.91 Å². The SMILES string of the molecule is CCn1c(NC(=O)c2cccc(F)c2)c(N)c2ccc(OC)cc21. The number of hydrogen-bond donors (Lipinski definition) is 2. The van der Waals surface area contributed by atoms with E-state index in [9.17, 15) is 9.18 Å². The van der Waals surface area contributed by atoms with Gasteiger partial charge in [0.15, 0.2) is 0 Å². The third-order valence-electron chi connectivity index (χ3n) is 3.95. The summed E-state index contributed by atoms with van der Waals surface area (Å²) in [5, 5.41) is 3.62.